The molecule has 0 spiro atoms. The minimum atomic E-state index is 0.857. The number of hydrogen-bond donors (Lipinski definition) is 1. The molecule has 0 saturated heterocycles. The predicted octanol–water partition coefficient (Wildman–Crippen LogP) is 3.67. The van der Waals surface area contributed by atoms with Crippen LogP contribution in [0.25, 0.3) is 16.3 Å². The van der Waals surface area contributed by atoms with Crippen LogP contribution < -0.4 is 5.73 Å². The van der Waals surface area contributed by atoms with Gasteiger partial charge >= 0.3 is 0 Å². The molecule has 0 amide bonds. The number of benzene rings is 2. The minimum absolute atomic E-state index is 0.857. The SMILES string of the molecule is NC1=CC(c2ccc3ccccc3c2)=CC[CH]1. The molecular formula is C16H14N. The maximum atomic E-state index is 5.84. The summed E-state index contributed by atoms with van der Waals surface area (Å²) in [7, 11) is 0. The largest absolute Gasteiger partial charge is 0.402 e. The number of fused-ring (bicyclic) bond motifs is 1. The molecule has 0 saturated carbocycles. The van der Waals surface area contributed by atoms with Crippen molar-refractivity contribution in [3.05, 3.63) is 72.3 Å². The van der Waals surface area contributed by atoms with Gasteiger partial charge in [-0.05, 0) is 40.5 Å². The van der Waals surface area contributed by atoms with Gasteiger partial charge in [-0.1, -0.05) is 42.5 Å². The molecule has 1 aliphatic carbocycles. The van der Waals surface area contributed by atoms with E-state index in [4.69, 9.17) is 5.73 Å². The highest BCUT2D eigenvalue weighted by Gasteiger charge is 2.05. The summed E-state index contributed by atoms with van der Waals surface area (Å²) in [6.07, 6.45) is 7.20. The summed E-state index contributed by atoms with van der Waals surface area (Å²) >= 11 is 0. The molecule has 83 valence electrons. The Labute approximate surface area is 101 Å². The molecule has 2 aromatic rings. The van der Waals surface area contributed by atoms with Crippen molar-refractivity contribution < 1.29 is 0 Å². The van der Waals surface area contributed by atoms with Crippen molar-refractivity contribution in [3.63, 3.8) is 0 Å². The lowest BCUT2D eigenvalue weighted by Gasteiger charge is -2.11. The van der Waals surface area contributed by atoms with Crippen LogP contribution in [0.4, 0.5) is 0 Å². The van der Waals surface area contributed by atoms with E-state index in [1.807, 2.05) is 12.5 Å². The lowest BCUT2D eigenvalue weighted by atomic mass is 9.96. The first-order valence-corrected chi connectivity index (χ1v) is 5.83. The molecule has 0 fully saturated rings. The molecule has 1 heteroatoms. The van der Waals surface area contributed by atoms with Crippen LogP contribution in [0.15, 0.2) is 60.3 Å². The normalized spacial score (nSPS) is 15.5. The number of allylic oxidation sites excluding steroid dienone is 4. The Balaban J connectivity index is 2.09. The zero-order chi connectivity index (χ0) is 11.7. The van der Waals surface area contributed by atoms with E-state index in [0.717, 1.165) is 12.1 Å². The van der Waals surface area contributed by atoms with Gasteiger partial charge in [0, 0.05) is 12.1 Å². The summed E-state index contributed by atoms with van der Waals surface area (Å²) in [5.41, 5.74) is 9.15. The van der Waals surface area contributed by atoms with Crippen molar-refractivity contribution >= 4 is 16.3 Å². The first-order chi connectivity index (χ1) is 8.33. The van der Waals surface area contributed by atoms with Gasteiger partial charge in [0.1, 0.15) is 0 Å². The molecule has 0 aliphatic heterocycles. The average Bonchev–Trinajstić information content (AvgIpc) is 2.38. The van der Waals surface area contributed by atoms with E-state index < -0.39 is 0 Å². The Morgan fingerprint density at radius 1 is 0.941 bits per heavy atom. The zero-order valence-electron chi connectivity index (χ0n) is 9.56. The van der Waals surface area contributed by atoms with Gasteiger partial charge in [-0.2, -0.15) is 0 Å². The summed E-state index contributed by atoms with van der Waals surface area (Å²) in [5, 5.41) is 2.54. The fourth-order valence-electron chi connectivity index (χ4n) is 2.19. The Hall–Kier alpha value is -2.02. The van der Waals surface area contributed by atoms with Crippen LogP contribution >= 0.6 is 0 Å². The molecule has 0 unspecified atom stereocenters. The average molecular weight is 220 g/mol. The van der Waals surface area contributed by atoms with Crippen molar-refractivity contribution in [1.82, 2.24) is 0 Å². The Kier molecular flexibility index (Phi) is 2.45. The van der Waals surface area contributed by atoms with Gasteiger partial charge in [0.15, 0.2) is 0 Å². The van der Waals surface area contributed by atoms with Crippen LogP contribution in [0.3, 0.4) is 0 Å². The van der Waals surface area contributed by atoms with Crippen molar-refractivity contribution in [2.75, 3.05) is 0 Å². The Bertz CT molecular complexity index is 620. The monoisotopic (exact) mass is 220 g/mol. The molecule has 0 bridgehead atoms. The number of nitrogens with two attached hydrogens (primary N) is 1. The second-order valence-corrected chi connectivity index (χ2v) is 4.31. The van der Waals surface area contributed by atoms with Crippen molar-refractivity contribution in [1.29, 1.82) is 0 Å². The third kappa shape index (κ3) is 1.96. The van der Waals surface area contributed by atoms with E-state index in [1.165, 1.54) is 21.9 Å². The van der Waals surface area contributed by atoms with Gasteiger partial charge in [0.2, 0.25) is 0 Å². The van der Waals surface area contributed by atoms with Gasteiger partial charge < -0.3 is 5.73 Å². The molecular weight excluding hydrogens is 206 g/mol. The summed E-state index contributed by atoms with van der Waals surface area (Å²) in [5.74, 6) is 0. The molecule has 3 rings (SSSR count). The topological polar surface area (TPSA) is 26.0 Å². The first kappa shape index (κ1) is 10.2. The van der Waals surface area contributed by atoms with Crippen LogP contribution in [0.5, 0.6) is 0 Å². The van der Waals surface area contributed by atoms with Crippen molar-refractivity contribution in [2.24, 2.45) is 5.73 Å². The maximum Gasteiger partial charge on any atom is 0.0128 e. The first-order valence-electron chi connectivity index (χ1n) is 5.83. The highest BCUT2D eigenvalue weighted by atomic mass is 14.6. The molecule has 0 heterocycles. The van der Waals surface area contributed by atoms with Gasteiger partial charge in [-0.3, -0.25) is 0 Å². The summed E-state index contributed by atoms with van der Waals surface area (Å²) in [4.78, 5) is 0. The van der Waals surface area contributed by atoms with Crippen LogP contribution in [0.1, 0.15) is 12.0 Å². The van der Waals surface area contributed by atoms with E-state index in [-0.39, 0.29) is 0 Å². The predicted molar refractivity (Wildman–Crippen MR) is 73.1 cm³/mol. The summed E-state index contributed by atoms with van der Waals surface area (Å²) in [6, 6.07) is 14.9. The van der Waals surface area contributed by atoms with Gasteiger partial charge in [-0.15, -0.1) is 0 Å². The Morgan fingerprint density at radius 3 is 2.59 bits per heavy atom. The lowest BCUT2D eigenvalue weighted by molar-refractivity contribution is 1.16. The molecule has 0 aromatic heterocycles. The highest BCUT2D eigenvalue weighted by Crippen LogP contribution is 2.25. The fourth-order valence-corrected chi connectivity index (χ4v) is 2.19. The third-order valence-corrected chi connectivity index (χ3v) is 3.10. The summed E-state index contributed by atoms with van der Waals surface area (Å²) < 4.78 is 0. The van der Waals surface area contributed by atoms with Crippen molar-refractivity contribution in [2.45, 2.75) is 6.42 Å². The third-order valence-electron chi connectivity index (χ3n) is 3.10. The highest BCUT2D eigenvalue weighted by molar-refractivity contribution is 5.88. The molecule has 1 radical (unpaired) electrons. The van der Waals surface area contributed by atoms with Crippen LogP contribution in [0, 0.1) is 6.42 Å². The molecule has 1 aliphatic rings. The second kappa shape index (κ2) is 4.10. The number of hydrogen-bond acceptors (Lipinski definition) is 1. The number of rotatable bonds is 1. The smallest absolute Gasteiger partial charge is 0.0128 e. The van der Waals surface area contributed by atoms with E-state index in [1.54, 1.807) is 0 Å². The van der Waals surface area contributed by atoms with E-state index in [9.17, 15) is 0 Å². The fraction of sp³-hybridized carbons (Fsp3) is 0.0625. The van der Waals surface area contributed by atoms with Crippen molar-refractivity contribution in [3.8, 4) is 0 Å². The van der Waals surface area contributed by atoms with Crippen LogP contribution in [-0.2, 0) is 0 Å². The van der Waals surface area contributed by atoms with Gasteiger partial charge in [0.05, 0.1) is 0 Å². The maximum absolute atomic E-state index is 5.84. The second-order valence-electron chi connectivity index (χ2n) is 4.31. The molecule has 2 aromatic carbocycles. The minimum Gasteiger partial charge on any atom is -0.402 e. The van der Waals surface area contributed by atoms with E-state index in [0.29, 0.717) is 0 Å². The molecule has 0 atom stereocenters. The van der Waals surface area contributed by atoms with Crippen LogP contribution in [-0.4, -0.2) is 0 Å². The van der Waals surface area contributed by atoms with E-state index in [2.05, 4.69) is 48.5 Å². The standard InChI is InChI=1S/C16H14N/c17-16-7-3-6-14(11-16)15-9-8-12-4-1-2-5-13(12)10-15/h1-2,4-11H,3,17H2. The van der Waals surface area contributed by atoms with Gasteiger partial charge in [-0.25, -0.2) is 0 Å². The quantitative estimate of drug-likeness (QED) is 0.779. The molecule has 2 N–H and O–H groups in total. The Morgan fingerprint density at radius 2 is 1.76 bits per heavy atom. The lowest BCUT2D eigenvalue weighted by Crippen LogP contribution is -2.01. The molecule has 1 nitrogen and oxygen atoms in total. The summed E-state index contributed by atoms with van der Waals surface area (Å²) in [6.45, 7) is 0. The van der Waals surface area contributed by atoms with Crippen LogP contribution in [0.2, 0.25) is 0 Å². The van der Waals surface area contributed by atoms with Gasteiger partial charge in [0.25, 0.3) is 0 Å². The molecule has 17 heavy (non-hydrogen) atoms. The zero-order valence-corrected chi connectivity index (χ0v) is 9.56. The van der Waals surface area contributed by atoms with E-state index >= 15 is 0 Å².